The van der Waals surface area contributed by atoms with Crippen molar-refractivity contribution in [3.05, 3.63) is 5.51 Å². The summed E-state index contributed by atoms with van der Waals surface area (Å²) >= 11 is 3.03. The summed E-state index contributed by atoms with van der Waals surface area (Å²) in [6, 6.07) is -0.537. The van der Waals surface area contributed by atoms with Gasteiger partial charge in [-0.15, -0.1) is 10.2 Å². The molecule has 1 heterocycles. The molecule has 0 aliphatic carbocycles. The molecule has 0 spiro atoms. The Labute approximate surface area is 96.4 Å². The van der Waals surface area contributed by atoms with Gasteiger partial charge >= 0.3 is 5.97 Å². The molecule has 84 valence electrons. The van der Waals surface area contributed by atoms with E-state index in [1.807, 2.05) is 0 Å². The van der Waals surface area contributed by atoms with Crippen molar-refractivity contribution in [2.75, 3.05) is 12.4 Å². The summed E-state index contributed by atoms with van der Waals surface area (Å²) in [6.07, 6.45) is 0.586. The fourth-order valence-electron chi connectivity index (χ4n) is 0.866. The fraction of sp³-hybridized carbons (Fsp3) is 0.625. The zero-order valence-electron chi connectivity index (χ0n) is 8.38. The molecule has 2 N–H and O–H groups in total. The van der Waals surface area contributed by atoms with E-state index in [0.29, 0.717) is 13.0 Å². The van der Waals surface area contributed by atoms with Gasteiger partial charge in [-0.25, -0.2) is 0 Å². The first-order valence-corrected chi connectivity index (χ1v) is 6.41. The maximum Gasteiger partial charge on any atom is 0.322 e. The molecule has 0 amide bonds. The van der Waals surface area contributed by atoms with Gasteiger partial charge < -0.3 is 10.5 Å². The fourth-order valence-corrected chi connectivity index (χ4v) is 2.45. The Kier molecular flexibility index (Phi) is 5.59. The average molecular weight is 247 g/mol. The van der Waals surface area contributed by atoms with Crippen molar-refractivity contribution in [1.82, 2.24) is 10.2 Å². The van der Waals surface area contributed by atoms with Crippen LogP contribution < -0.4 is 5.73 Å². The van der Waals surface area contributed by atoms with Gasteiger partial charge in [0, 0.05) is 5.75 Å². The first-order chi connectivity index (χ1) is 7.24. The molecular formula is C8H13N3O2S2. The number of nitrogens with two attached hydrogens (primary N) is 1. The van der Waals surface area contributed by atoms with Crippen LogP contribution in [-0.2, 0) is 9.53 Å². The van der Waals surface area contributed by atoms with Gasteiger partial charge in [0.15, 0.2) is 4.34 Å². The van der Waals surface area contributed by atoms with E-state index in [-0.39, 0.29) is 5.97 Å². The molecule has 7 heteroatoms. The highest BCUT2D eigenvalue weighted by Crippen LogP contribution is 2.19. The number of ether oxygens (including phenoxy) is 1. The monoisotopic (exact) mass is 247 g/mol. The average Bonchev–Trinajstić information content (AvgIpc) is 2.71. The molecule has 1 rings (SSSR count). The predicted molar refractivity (Wildman–Crippen MR) is 59.9 cm³/mol. The minimum absolute atomic E-state index is 0.338. The Hall–Kier alpha value is -0.660. The summed E-state index contributed by atoms with van der Waals surface area (Å²) in [5.74, 6) is 0.408. The van der Waals surface area contributed by atoms with Gasteiger partial charge in [0.25, 0.3) is 0 Å². The van der Waals surface area contributed by atoms with Crippen LogP contribution in [0, 0.1) is 0 Å². The van der Waals surface area contributed by atoms with Crippen molar-refractivity contribution in [2.45, 2.75) is 23.7 Å². The van der Waals surface area contributed by atoms with E-state index in [1.54, 1.807) is 24.2 Å². The molecule has 0 aliphatic rings. The van der Waals surface area contributed by atoms with Crippen LogP contribution in [0.25, 0.3) is 0 Å². The third kappa shape index (κ3) is 4.59. The second kappa shape index (κ2) is 6.76. The molecule has 0 saturated heterocycles. The molecule has 0 aromatic carbocycles. The van der Waals surface area contributed by atoms with Crippen LogP contribution in [0.1, 0.15) is 13.3 Å². The number of carbonyl (C=O) groups excluding carboxylic acids is 1. The Balaban J connectivity index is 2.17. The van der Waals surface area contributed by atoms with Gasteiger partial charge in [0.1, 0.15) is 11.6 Å². The van der Waals surface area contributed by atoms with Crippen LogP contribution in [0.2, 0.25) is 0 Å². The highest BCUT2D eigenvalue weighted by Gasteiger charge is 2.14. The predicted octanol–water partition coefficient (Wildman–Crippen LogP) is 0.911. The molecule has 0 saturated carbocycles. The lowest BCUT2D eigenvalue weighted by molar-refractivity contribution is -0.144. The summed E-state index contributed by atoms with van der Waals surface area (Å²) < 4.78 is 5.69. The molecule has 0 bridgehead atoms. The van der Waals surface area contributed by atoms with E-state index in [1.165, 1.54) is 11.3 Å². The third-order valence-electron chi connectivity index (χ3n) is 1.58. The quantitative estimate of drug-likeness (QED) is 0.594. The molecule has 1 unspecified atom stereocenters. The number of hydrogen-bond acceptors (Lipinski definition) is 7. The summed E-state index contributed by atoms with van der Waals surface area (Å²) in [5.41, 5.74) is 7.30. The number of nitrogens with zero attached hydrogens (tertiary/aromatic N) is 2. The van der Waals surface area contributed by atoms with Gasteiger partial charge in [0.05, 0.1) is 6.61 Å². The van der Waals surface area contributed by atoms with Crippen molar-refractivity contribution in [3.8, 4) is 0 Å². The summed E-state index contributed by atoms with van der Waals surface area (Å²) in [5, 5.41) is 7.58. The minimum atomic E-state index is -0.537. The first kappa shape index (κ1) is 12.4. The summed E-state index contributed by atoms with van der Waals surface area (Å²) in [7, 11) is 0. The van der Waals surface area contributed by atoms with E-state index in [0.717, 1.165) is 10.1 Å². The standard InChI is InChI=1S/C8H13N3O2S2/c1-2-13-7(12)6(9)3-4-14-8-11-10-5-15-8/h5-6H,2-4,9H2,1H3. The second-order valence-corrected chi connectivity index (χ2v) is 4.88. The SMILES string of the molecule is CCOC(=O)C(N)CCSc1nncs1. The van der Waals surface area contributed by atoms with Gasteiger partial charge in [-0.1, -0.05) is 23.1 Å². The zero-order valence-corrected chi connectivity index (χ0v) is 10.0. The Bertz CT molecular complexity index is 292. The molecule has 1 aromatic rings. The maximum atomic E-state index is 11.2. The number of rotatable bonds is 6. The maximum absolute atomic E-state index is 11.2. The molecule has 1 aromatic heterocycles. The van der Waals surface area contributed by atoms with Crippen LogP contribution in [-0.4, -0.2) is 34.6 Å². The van der Waals surface area contributed by atoms with E-state index in [4.69, 9.17) is 10.5 Å². The van der Waals surface area contributed by atoms with Crippen molar-refractivity contribution in [2.24, 2.45) is 5.73 Å². The normalized spacial score (nSPS) is 12.4. The van der Waals surface area contributed by atoms with E-state index < -0.39 is 6.04 Å². The van der Waals surface area contributed by atoms with Crippen LogP contribution in [0.15, 0.2) is 9.85 Å². The van der Waals surface area contributed by atoms with Crippen LogP contribution in [0.3, 0.4) is 0 Å². The lowest BCUT2D eigenvalue weighted by Crippen LogP contribution is -2.32. The van der Waals surface area contributed by atoms with Crippen molar-refractivity contribution in [3.63, 3.8) is 0 Å². The van der Waals surface area contributed by atoms with Crippen molar-refractivity contribution < 1.29 is 9.53 Å². The van der Waals surface area contributed by atoms with Crippen LogP contribution in [0.4, 0.5) is 0 Å². The number of aromatic nitrogens is 2. The Morgan fingerprint density at radius 2 is 2.60 bits per heavy atom. The van der Waals surface area contributed by atoms with E-state index >= 15 is 0 Å². The van der Waals surface area contributed by atoms with Gasteiger partial charge in [-0.05, 0) is 13.3 Å². The number of thioether (sulfide) groups is 1. The number of carbonyl (C=O) groups is 1. The van der Waals surface area contributed by atoms with Gasteiger partial charge in [0.2, 0.25) is 0 Å². The first-order valence-electron chi connectivity index (χ1n) is 4.55. The second-order valence-electron chi connectivity index (χ2n) is 2.70. The number of hydrogen-bond donors (Lipinski definition) is 1. The van der Waals surface area contributed by atoms with Gasteiger partial charge in [-0.3, -0.25) is 4.79 Å². The van der Waals surface area contributed by atoms with Gasteiger partial charge in [-0.2, -0.15) is 0 Å². The Morgan fingerprint density at radius 1 is 1.80 bits per heavy atom. The van der Waals surface area contributed by atoms with Crippen molar-refractivity contribution >= 4 is 29.1 Å². The zero-order chi connectivity index (χ0) is 11.1. The number of esters is 1. The van der Waals surface area contributed by atoms with E-state index in [9.17, 15) is 4.79 Å². The topological polar surface area (TPSA) is 78.1 Å². The highest BCUT2D eigenvalue weighted by molar-refractivity contribution is 8.00. The molecule has 0 radical (unpaired) electrons. The Morgan fingerprint density at radius 3 is 3.20 bits per heavy atom. The largest absolute Gasteiger partial charge is 0.465 e. The summed E-state index contributed by atoms with van der Waals surface area (Å²) in [6.45, 7) is 2.14. The molecule has 5 nitrogen and oxygen atoms in total. The molecule has 0 aliphatic heterocycles. The molecule has 0 fully saturated rings. The third-order valence-corrected chi connectivity index (χ3v) is 3.48. The van der Waals surface area contributed by atoms with Crippen LogP contribution >= 0.6 is 23.1 Å². The van der Waals surface area contributed by atoms with Crippen molar-refractivity contribution in [1.29, 1.82) is 0 Å². The molecule has 1 atom stereocenters. The lowest BCUT2D eigenvalue weighted by atomic mass is 10.2. The smallest absolute Gasteiger partial charge is 0.322 e. The summed E-state index contributed by atoms with van der Waals surface area (Å²) in [4.78, 5) is 11.2. The lowest BCUT2D eigenvalue weighted by Gasteiger charge is -2.08. The van der Waals surface area contributed by atoms with E-state index in [2.05, 4.69) is 10.2 Å². The minimum Gasteiger partial charge on any atom is -0.465 e. The molecular weight excluding hydrogens is 234 g/mol. The van der Waals surface area contributed by atoms with Crippen LogP contribution in [0.5, 0.6) is 0 Å². The highest BCUT2D eigenvalue weighted by atomic mass is 32.2. The molecule has 15 heavy (non-hydrogen) atoms.